The average Bonchev–Trinajstić information content (AvgIpc) is 2.85. The maximum atomic E-state index is 13.8. The quantitative estimate of drug-likeness (QED) is 0.280. The topological polar surface area (TPSA) is 44.3 Å². The molecule has 0 fully saturated rings. The van der Waals surface area contributed by atoms with Gasteiger partial charge in [0.1, 0.15) is 11.6 Å². The first-order valence-corrected chi connectivity index (χ1v) is 12.5. The van der Waals surface area contributed by atoms with Crippen LogP contribution in [0.25, 0.3) is 0 Å². The number of aliphatic hydroxyl groups excluding tert-OH is 1. The first-order chi connectivity index (χ1) is 17.6. The Labute approximate surface area is 213 Å². The molecule has 0 saturated heterocycles. The maximum Gasteiger partial charge on any atom is 0.416 e. The van der Waals surface area contributed by atoms with Crippen molar-refractivity contribution in [2.24, 2.45) is 0 Å². The van der Waals surface area contributed by atoms with Crippen molar-refractivity contribution in [1.82, 2.24) is 5.32 Å². The van der Waals surface area contributed by atoms with Crippen LogP contribution in [0.15, 0.2) is 60.7 Å². The molecule has 0 radical (unpaired) electrons. The standard InChI is InChI=1S/C29H31F5N2O/c1-2-18-9-10-20-5-3-8-26(25(20)13-18)35-17-28(37)27(14-19-11-22(30)16-23(31)12-19)36-24-7-4-6-21(15-24)29(32,33)34/h4,6-7,9-13,15-16,26-28,35-37H,2-3,5,8,14,17H2,1H3/t26-,27-,28+/m0/s1. The van der Waals surface area contributed by atoms with Crippen LogP contribution in [0.2, 0.25) is 0 Å². The number of anilines is 1. The van der Waals surface area contributed by atoms with E-state index in [9.17, 15) is 27.1 Å². The fourth-order valence-corrected chi connectivity index (χ4v) is 4.95. The van der Waals surface area contributed by atoms with Gasteiger partial charge < -0.3 is 15.7 Å². The van der Waals surface area contributed by atoms with Gasteiger partial charge in [0.05, 0.1) is 17.7 Å². The van der Waals surface area contributed by atoms with Crippen molar-refractivity contribution in [1.29, 1.82) is 0 Å². The van der Waals surface area contributed by atoms with Crippen molar-refractivity contribution in [3.8, 4) is 0 Å². The van der Waals surface area contributed by atoms with Gasteiger partial charge in [0.15, 0.2) is 0 Å². The molecule has 0 unspecified atom stereocenters. The Morgan fingerprint density at radius 3 is 2.43 bits per heavy atom. The lowest BCUT2D eigenvalue weighted by molar-refractivity contribution is -0.137. The van der Waals surface area contributed by atoms with E-state index in [2.05, 4.69) is 35.8 Å². The van der Waals surface area contributed by atoms with E-state index in [1.165, 1.54) is 28.8 Å². The Balaban J connectivity index is 1.54. The van der Waals surface area contributed by atoms with Crippen LogP contribution < -0.4 is 10.6 Å². The van der Waals surface area contributed by atoms with Crippen molar-refractivity contribution in [2.45, 2.75) is 63.4 Å². The Hall–Kier alpha value is -2.97. The van der Waals surface area contributed by atoms with Crippen molar-refractivity contribution in [3.05, 3.63) is 100 Å². The van der Waals surface area contributed by atoms with E-state index in [-0.39, 0.29) is 30.3 Å². The molecule has 0 aliphatic heterocycles. The smallest absolute Gasteiger partial charge is 0.390 e. The number of benzene rings is 3. The zero-order valence-corrected chi connectivity index (χ0v) is 20.6. The predicted molar refractivity (Wildman–Crippen MR) is 134 cm³/mol. The summed E-state index contributed by atoms with van der Waals surface area (Å²) in [5.41, 5.74) is 3.32. The second-order valence-corrected chi connectivity index (χ2v) is 9.62. The van der Waals surface area contributed by atoms with Gasteiger partial charge in [0.25, 0.3) is 0 Å². The zero-order valence-electron chi connectivity index (χ0n) is 20.6. The first-order valence-electron chi connectivity index (χ1n) is 12.5. The molecule has 0 amide bonds. The molecule has 198 valence electrons. The third-order valence-corrected chi connectivity index (χ3v) is 6.89. The van der Waals surface area contributed by atoms with Crippen LogP contribution in [-0.4, -0.2) is 23.8 Å². The normalized spacial score (nSPS) is 17.2. The highest BCUT2D eigenvalue weighted by Crippen LogP contribution is 2.32. The molecule has 1 aliphatic rings. The Bertz CT molecular complexity index is 1190. The minimum absolute atomic E-state index is 0.00894. The summed E-state index contributed by atoms with van der Waals surface area (Å²) in [4.78, 5) is 0. The van der Waals surface area contributed by atoms with Gasteiger partial charge in [-0.3, -0.25) is 0 Å². The number of aryl methyl sites for hydroxylation is 2. The monoisotopic (exact) mass is 518 g/mol. The number of alkyl halides is 3. The molecule has 1 aliphatic carbocycles. The van der Waals surface area contributed by atoms with E-state index in [1.807, 2.05) is 0 Å². The lowest BCUT2D eigenvalue weighted by atomic mass is 9.86. The van der Waals surface area contributed by atoms with Crippen LogP contribution in [0.1, 0.15) is 53.6 Å². The van der Waals surface area contributed by atoms with Crippen molar-refractivity contribution >= 4 is 5.69 Å². The van der Waals surface area contributed by atoms with Gasteiger partial charge in [0.2, 0.25) is 0 Å². The number of rotatable bonds is 9. The minimum Gasteiger partial charge on any atom is -0.390 e. The highest BCUT2D eigenvalue weighted by Gasteiger charge is 2.31. The molecule has 0 saturated carbocycles. The zero-order chi connectivity index (χ0) is 26.6. The van der Waals surface area contributed by atoms with Crippen LogP contribution in [0.5, 0.6) is 0 Å². The maximum absolute atomic E-state index is 13.8. The van der Waals surface area contributed by atoms with Gasteiger partial charge in [-0.25, -0.2) is 8.78 Å². The number of nitrogens with one attached hydrogen (secondary N) is 2. The molecule has 0 aromatic heterocycles. The van der Waals surface area contributed by atoms with Crippen LogP contribution in [0.4, 0.5) is 27.6 Å². The van der Waals surface area contributed by atoms with Crippen molar-refractivity contribution in [2.75, 3.05) is 11.9 Å². The highest BCUT2D eigenvalue weighted by molar-refractivity contribution is 5.48. The van der Waals surface area contributed by atoms with E-state index in [0.29, 0.717) is 0 Å². The lowest BCUT2D eigenvalue weighted by Crippen LogP contribution is -2.43. The van der Waals surface area contributed by atoms with Gasteiger partial charge >= 0.3 is 6.18 Å². The lowest BCUT2D eigenvalue weighted by Gasteiger charge is -2.31. The second-order valence-electron chi connectivity index (χ2n) is 9.62. The number of fused-ring (bicyclic) bond motifs is 1. The molecule has 3 nitrogen and oxygen atoms in total. The van der Waals surface area contributed by atoms with Crippen molar-refractivity contribution < 1.29 is 27.1 Å². The summed E-state index contributed by atoms with van der Waals surface area (Å²) in [5.74, 6) is -1.52. The summed E-state index contributed by atoms with van der Waals surface area (Å²) in [6.45, 7) is 2.24. The Kier molecular flexibility index (Phi) is 8.49. The van der Waals surface area contributed by atoms with Crippen molar-refractivity contribution in [3.63, 3.8) is 0 Å². The van der Waals surface area contributed by atoms with Crippen LogP contribution >= 0.6 is 0 Å². The summed E-state index contributed by atoms with van der Waals surface area (Å²) in [6, 6.07) is 13.4. The SMILES string of the molecule is CCc1ccc2c(c1)[C@@H](NC[C@@H](O)[C@H](Cc1cc(F)cc(F)c1)Nc1cccc(C(F)(F)F)c1)CCC2. The summed E-state index contributed by atoms with van der Waals surface area (Å²) in [7, 11) is 0. The van der Waals surface area contributed by atoms with E-state index in [4.69, 9.17) is 0 Å². The number of halogens is 5. The van der Waals surface area contributed by atoms with Crippen LogP contribution in [0, 0.1) is 11.6 Å². The van der Waals surface area contributed by atoms with E-state index in [1.54, 1.807) is 0 Å². The number of hydrogen-bond acceptors (Lipinski definition) is 3. The Morgan fingerprint density at radius 2 is 1.73 bits per heavy atom. The number of hydrogen-bond donors (Lipinski definition) is 3. The molecule has 37 heavy (non-hydrogen) atoms. The van der Waals surface area contributed by atoms with Crippen LogP contribution in [-0.2, 0) is 25.4 Å². The molecule has 0 spiro atoms. The Morgan fingerprint density at radius 1 is 0.973 bits per heavy atom. The van der Waals surface area contributed by atoms with Gasteiger partial charge in [-0.15, -0.1) is 0 Å². The average molecular weight is 519 g/mol. The number of aliphatic hydroxyl groups is 1. The van der Waals surface area contributed by atoms with E-state index >= 15 is 0 Å². The third-order valence-electron chi connectivity index (χ3n) is 6.89. The molecular weight excluding hydrogens is 487 g/mol. The fourth-order valence-electron chi connectivity index (χ4n) is 4.95. The molecule has 0 heterocycles. The molecule has 3 aromatic rings. The van der Waals surface area contributed by atoms with Gasteiger partial charge in [0, 0.05) is 24.3 Å². The van der Waals surface area contributed by atoms with Crippen LogP contribution in [0.3, 0.4) is 0 Å². The second kappa shape index (κ2) is 11.6. The molecule has 3 atom stereocenters. The highest BCUT2D eigenvalue weighted by atomic mass is 19.4. The molecule has 8 heteroatoms. The van der Waals surface area contributed by atoms with Gasteiger partial charge in [-0.1, -0.05) is 31.2 Å². The largest absolute Gasteiger partial charge is 0.416 e. The van der Waals surface area contributed by atoms with E-state index in [0.717, 1.165) is 56.0 Å². The minimum atomic E-state index is -4.52. The summed E-state index contributed by atoms with van der Waals surface area (Å²) < 4.78 is 67.3. The summed E-state index contributed by atoms with van der Waals surface area (Å²) in [6.07, 6.45) is -1.77. The van der Waals surface area contributed by atoms with Gasteiger partial charge in [-0.05, 0) is 84.7 Å². The van der Waals surface area contributed by atoms with Gasteiger partial charge in [-0.2, -0.15) is 13.2 Å². The third kappa shape index (κ3) is 7.08. The molecule has 0 bridgehead atoms. The summed E-state index contributed by atoms with van der Waals surface area (Å²) >= 11 is 0. The fraction of sp³-hybridized carbons (Fsp3) is 0.379. The van der Waals surface area contributed by atoms with E-state index < -0.39 is 35.5 Å². The molecule has 3 N–H and O–H groups in total. The summed E-state index contributed by atoms with van der Waals surface area (Å²) in [5, 5.41) is 17.5. The first kappa shape index (κ1) is 27.1. The predicted octanol–water partition coefficient (Wildman–Crippen LogP) is 6.60. The molecule has 3 aromatic carbocycles. The molecule has 4 rings (SSSR count). The molecular formula is C29H31F5N2O.